The monoisotopic (exact) mass is 187 g/mol. The van der Waals surface area contributed by atoms with Crippen molar-refractivity contribution in [2.24, 2.45) is 0 Å². The molecule has 0 atom stereocenters. The number of hydrogen-bond donors (Lipinski definition) is 0. The molecular formula is C13H17N. The van der Waals surface area contributed by atoms with Gasteiger partial charge in [-0.15, -0.1) is 0 Å². The van der Waals surface area contributed by atoms with Gasteiger partial charge in [0.05, 0.1) is 0 Å². The first-order valence-electron chi connectivity index (χ1n) is 4.78. The average Bonchev–Trinajstić information content (AvgIpc) is 2.19. The minimum atomic E-state index is 0.972. The molecular weight excluding hydrogens is 170 g/mol. The molecule has 1 heteroatoms. The van der Waals surface area contributed by atoms with Crippen LogP contribution >= 0.6 is 0 Å². The second kappa shape index (κ2) is 5.28. The zero-order chi connectivity index (χ0) is 10.4. The van der Waals surface area contributed by atoms with Crippen LogP contribution in [0.15, 0.2) is 49.1 Å². The highest BCUT2D eigenvalue weighted by Gasteiger charge is 1.93. The summed E-state index contributed by atoms with van der Waals surface area (Å²) in [5, 5.41) is 0. The number of benzene rings is 1. The standard InChI is InChI=1S/C13H17N/c1-4-5-6-7-12-8-10-13(11-9-12)14(2)3/h4-6,8-11H,1,7H2,2-3H3. The smallest absolute Gasteiger partial charge is 0.0361 e. The summed E-state index contributed by atoms with van der Waals surface area (Å²) in [4.78, 5) is 2.10. The van der Waals surface area contributed by atoms with Crippen LogP contribution in [0, 0.1) is 0 Å². The van der Waals surface area contributed by atoms with Crippen molar-refractivity contribution in [1.82, 2.24) is 0 Å². The number of rotatable bonds is 4. The van der Waals surface area contributed by atoms with E-state index in [2.05, 4.69) is 41.8 Å². The fraction of sp³-hybridized carbons (Fsp3) is 0.231. The molecule has 0 fully saturated rings. The summed E-state index contributed by atoms with van der Waals surface area (Å²) in [6.45, 7) is 3.64. The van der Waals surface area contributed by atoms with Crippen LogP contribution in [0.2, 0.25) is 0 Å². The van der Waals surface area contributed by atoms with Gasteiger partial charge in [0.25, 0.3) is 0 Å². The zero-order valence-electron chi connectivity index (χ0n) is 8.90. The van der Waals surface area contributed by atoms with Crippen LogP contribution in [0.5, 0.6) is 0 Å². The Hall–Kier alpha value is -1.50. The van der Waals surface area contributed by atoms with E-state index in [1.807, 2.05) is 20.2 Å². The summed E-state index contributed by atoms with van der Waals surface area (Å²) in [5.41, 5.74) is 2.56. The van der Waals surface area contributed by atoms with Gasteiger partial charge in [0.1, 0.15) is 0 Å². The quantitative estimate of drug-likeness (QED) is 0.655. The Morgan fingerprint density at radius 3 is 2.36 bits per heavy atom. The summed E-state index contributed by atoms with van der Waals surface area (Å²) in [7, 11) is 4.10. The van der Waals surface area contributed by atoms with E-state index < -0.39 is 0 Å². The first kappa shape index (κ1) is 10.6. The van der Waals surface area contributed by atoms with Crippen LogP contribution in [-0.2, 0) is 6.42 Å². The van der Waals surface area contributed by atoms with E-state index in [9.17, 15) is 0 Å². The highest BCUT2D eigenvalue weighted by molar-refractivity contribution is 5.46. The van der Waals surface area contributed by atoms with E-state index in [-0.39, 0.29) is 0 Å². The maximum Gasteiger partial charge on any atom is 0.0361 e. The number of hydrogen-bond acceptors (Lipinski definition) is 1. The van der Waals surface area contributed by atoms with Gasteiger partial charge in [0.15, 0.2) is 0 Å². The lowest BCUT2D eigenvalue weighted by Gasteiger charge is -2.12. The van der Waals surface area contributed by atoms with Crippen molar-refractivity contribution in [3.8, 4) is 0 Å². The highest BCUT2D eigenvalue weighted by Crippen LogP contribution is 2.12. The maximum absolute atomic E-state index is 3.64. The van der Waals surface area contributed by atoms with E-state index in [1.54, 1.807) is 6.08 Å². The molecule has 0 aromatic heterocycles. The molecule has 0 aliphatic carbocycles. The molecule has 0 N–H and O–H groups in total. The lowest BCUT2D eigenvalue weighted by atomic mass is 10.1. The summed E-state index contributed by atoms with van der Waals surface area (Å²) < 4.78 is 0. The van der Waals surface area contributed by atoms with Crippen molar-refractivity contribution in [2.75, 3.05) is 19.0 Å². The average molecular weight is 187 g/mol. The third-order valence-corrected chi connectivity index (χ3v) is 2.08. The molecule has 1 nitrogen and oxygen atoms in total. The van der Waals surface area contributed by atoms with Crippen LogP contribution < -0.4 is 4.90 Å². The molecule has 0 saturated heterocycles. The summed E-state index contributed by atoms with van der Waals surface area (Å²) >= 11 is 0. The van der Waals surface area contributed by atoms with Gasteiger partial charge in [-0.2, -0.15) is 0 Å². The molecule has 0 bridgehead atoms. The minimum absolute atomic E-state index is 0.972. The van der Waals surface area contributed by atoms with Gasteiger partial charge in [-0.25, -0.2) is 0 Å². The number of anilines is 1. The Morgan fingerprint density at radius 1 is 1.21 bits per heavy atom. The Balaban J connectivity index is 2.64. The third-order valence-electron chi connectivity index (χ3n) is 2.08. The second-order valence-corrected chi connectivity index (χ2v) is 3.43. The van der Waals surface area contributed by atoms with Gasteiger partial charge in [0.2, 0.25) is 0 Å². The van der Waals surface area contributed by atoms with Crippen LogP contribution in [-0.4, -0.2) is 14.1 Å². The van der Waals surface area contributed by atoms with E-state index in [0.717, 1.165) is 6.42 Å². The van der Waals surface area contributed by atoms with E-state index in [1.165, 1.54) is 11.3 Å². The van der Waals surface area contributed by atoms with Crippen LogP contribution in [0.4, 0.5) is 5.69 Å². The molecule has 0 saturated carbocycles. The Morgan fingerprint density at radius 2 is 1.86 bits per heavy atom. The highest BCUT2D eigenvalue weighted by atomic mass is 15.1. The Kier molecular flexibility index (Phi) is 3.99. The molecule has 0 aliphatic rings. The van der Waals surface area contributed by atoms with E-state index >= 15 is 0 Å². The molecule has 14 heavy (non-hydrogen) atoms. The maximum atomic E-state index is 3.64. The number of nitrogens with zero attached hydrogens (tertiary/aromatic N) is 1. The zero-order valence-corrected chi connectivity index (χ0v) is 8.90. The molecule has 0 aliphatic heterocycles. The van der Waals surface area contributed by atoms with Crippen molar-refractivity contribution in [2.45, 2.75) is 6.42 Å². The first-order chi connectivity index (χ1) is 6.74. The van der Waals surface area contributed by atoms with Gasteiger partial charge in [-0.05, 0) is 24.1 Å². The largest absolute Gasteiger partial charge is 0.378 e. The summed E-state index contributed by atoms with van der Waals surface area (Å²) in [5.74, 6) is 0. The fourth-order valence-corrected chi connectivity index (χ4v) is 1.23. The molecule has 1 aromatic carbocycles. The van der Waals surface area contributed by atoms with Gasteiger partial charge in [0, 0.05) is 19.8 Å². The molecule has 0 amide bonds. The normalized spacial score (nSPS) is 10.4. The van der Waals surface area contributed by atoms with Crippen molar-refractivity contribution in [3.05, 3.63) is 54.6 Å². The van der Waals surface area contributed by atoms with Gasteiger partial charge in [-0.3, -0.25) is 0 Å². The van der Waals surface area contributed by atoms with Crippen molar-refractivity contribution < 1.29 is 0 Å². The summed E-state index contributed by atoms with van der Waals surface area (Å²) in [6.07, 6.45) is 6.85. The molecule has 0 spiro atoms. The predicted molar refractivity (Wildman–Crippen MR) is 63.8 cm³/mol. The third kappa shape index (κ3) is 3.09. The van der Waals surface area contributed by atoms with Crippen molar-refractivity contribution in [3.63, 3.8) is 0 Å². The topological polar surface area (TPSA) is 3.24 Å². The van der Waals surface area contributed by atoms with Crippen LogP contribution in [0.1, 0.15) is 5.56 Å². The predicted octanol–water partition coefficient (Wildman–Crippen LogP) is 3.04. The van der Waals surface area contributed by atoms with Crippen LogP contribution in [0.3, 0.4) is 0 Å². The van der Waals surface area contributed by atoms with Crippen LogP contribution in [0.25, 0.3) is 0 Å². The summed E-state index contributed by atoms with van der Waals surface area (Å²) in [6, 6.07) is 8.58. The Bertz CT molecular complexity index is 307. The minimum Gasteiger partial charge on any atom is -0.378 e. The van der Waals surface area contributed by atoms with Gasteiger partial charge >= 0.3 is 0 Å². The number of allylic oxidation sites excluding steroid dienone is 3. The van der Waals surface area contributed by atoms with Crippen molar-refractivity contribution >= 4 is 5.69 Å². The van der Waals surface area contributed by atoms with E-state index in [0.29, 0.717) is 0 Å². The fourth-order valence-electron chi connectivity index (χ4n) is 1.23. The molecule has 0 radical (unpaired) electrons. The van der Waals surface area contributed by atoms with E-state index in [4.69, 9.17) is 0 Å². The molecule has 74 valence electrons. The first-order valence-corrected chi connectivity index (χ1v) is 4.78. The second-order valence-electron chi connectivity index (χ2n) is 3.43. The lowest BCUT2D eigenvalue weighted by Crippen LogP contribution is -2.08. The Labute approximate surface area is 86.4 Å². The van der Waals surface area contributed by atoms with Gasteiger partial charge < -0.3 is 4.90 Å². The molecule has 1 aromatic rings. The molecule has 0 heterocycles. The van der Waals surface area contributed by atoms with Gasteiger partial charge in [-0.1, -0.05) is 36.9 Å². The molecule has 0 unspecified atom stereocenters. The SMILES string of the molecule is C=CC=CCc1ccc(N(C)C)cc1. The van der Waals surface area contributed by atoms with Crippen molar-refractivity contribution in [1.29, 1.82) is 0 Å². The molecule has 1 rings (SSSR count). The lowest BCUT2D eigenvalue weighted by molar-refractivity contribution is 1.12.